The highest BCUT2D eigenvalue weighted by Crippen LogP contribution is 2.36. The summed E-state index contributed by atoms with van der Waals surface area (Å²) in [7, 11) is 0. The fourth-order valence-electron chi connectivity index (χ4n) is 4.18. The molecule has 0 amide bonds. The van der Waals surface area contributed by atoms with Crippen LogP contribution in [0.25, 0.3) is 0 Å². The number of nitrogens with one attached hydrogen (secondary N) is 1. The minimum absolute atomic E-state index is 0.0297. The first-order valence-corrected chi connectivity index (χ1v) is 11.2. The molecule has 0 saturated heterocycles. The van der Waals surface area contributed by atoms with Crippen LogP contribution in [0.2, 0.25) is 0 Å². The van der Waals surface area contributed by atoms with Gasteiger partial charge in [0.1, 0.15) is 17.3 Å². The molecule has 8 nitrogen and oxygen atoms in total. The molecule has 1 aliphatic rings. The molecule has 4 N–H and O–H groups in total. The molecule has 9 heteroatoms. The van der Waals surface area contributed by atoms with Gasteiger partial charge in [0.25, 0.3) is 5.56 Å². The summed E-state index contributed by atoms with van der Waals surface area (Å²) in [4.78, 5) is 39.5. The Balaban J connectivity index is 1.53. The zero-order valence-electron chi connectivity index (χ0n) is 17.1. The molecular formula is C22H27NO7S. The van der Waals surface area contributed by atoms with E-state index in [1.54, 1.807) is 6.07 Å². The van der Waals surface area contributed by atoms with E-state index in [1.165, 1.54) is 23.5 Å². The number of esters is 1. The number of aromatic nitrogens is 1. The number of rotatable bonds is 10. The molecule has 1 saturated carbocycles. The number of aromatic hydroxyl groups is 1. The van der Waals surface area contributed by atoms with Gasteiger partial charge in [-0.2, -0.15) is 0 Å². The lowest BCUT2D eigenvalue weighted by molar-refractivity contribution is -0.121. The van der Waals surface area contributed by atoms with Crippen LogP contribution >= 0.6 is 11.3 Å². The lowest BCUT2D eigenvalue weighted by Gasteiger charge is -2.21. The van der Waals surface area contributed by atoms with Crippen LogP contribution in [0, 0.1) is 11.8 Å². The molecule has 31 heavy (non-hydrogen) atoms. The monoisotopic (exact) mass is 449 g/mol. The second-order valence-corrected chi connectivity index (χ2v) is 8.97. The van der Waals surface area contributed by atoms with E-state index in [0.29, 0.717) is 29.7 Å². The van der Waals surface area contributed by atoms with Gasteiger partial charge in [-0.15, -0.1) is 11.3 Å². The van der Waals surface area contributed by atoms with E-state index in [9.17, 15) is 24.6 Å². The molecule has 1 fully saturated rings. The number of hydrogen-bond donors (Lipinski definition) is 4. The smallest absolute Gasteiger partial charge is 0.348 e. The van der Waals surface area contributed by atoms with E-state index < -0.39 is 12.1 Å². The normalized spacial score (nSPS) is 20.8. The molecule has 3 atom stereocenters. The maximum absolute atomic E-state index is 12.4. The van der Waals surface area contributed by atoms with Gasteiger partial charge in [0.2, 0.25) is 0 Å². The predicted molar refractivity (Wildman–Crippen MR) is 114 cm³/mol. The number of carbonyl (C=O) groups excluding carboxylic acids is 2. The molecule has 0 aliphatic heterocycles. The van der Waals surface area contributed by atoms with Crippen LogP contribution in [0.15, 0.2) is 29.1 Å². The van der Waals surface area contributed by atoms with Crippen LogP contribution in [0.1, 0.15) is 45.8 Å². The summed E-state index contributed by atoms with van der Waals surface area (Å²) in [5.74, 6) is -1.03. The van der Waals surface area contributed by atoms with E-state index in [2.05, 4.69) is 4.98 Å². The molecular weight excluding hydrogens is 422 g/mol. The number of aliphatic hydroxyl groups is 2. The van der Waals surface area contributed by atoms with Crippen LogP contribution in [-0.2, 0) is 22.4 Å². The van der Waals surface area contributed by atoms with Crippen molar-refractivity contribution in [2.24, 2.45) is 11.8 Å². The number of thiophene rings is 1. The quantitative estimate of drug-likeness (QED) is 0.406. The van der Waals surface area contributed by atoms with Crippen LogP contribution in [-0.4, -0.2) is 51.4 Å². The van der Waals surface area contributed by atoms with Crippen LogP contribution in [0.4, 0.5) is 0 Å². The number of Topliss-reactive ketones (excluding diaryl/α,β-unsaturated/α-hetero) is 1. The van der Waals surface area contributed by atoms with Crippen molar-refractivity contribution in [1.29, 1.82) is 0 Å². The number of ether oxygens (including phenoxy) is 1. The third-order valence-electron chi connectivity index (χ3n) is 5.62. The molecule has 0 aromatic carbocycles. The van der Waals surface area contributed by atoms with Gasteiger partial charge in [-0.05, 0) is 55.7 Å². The number of hydrogen-bond acceptors (Lipinski definition) is 8. The first kappa shape index (κ1) is 23.2. The van der Waals surface area contributed by atoms with Gasteiger partial charge in [0.15, 0.2) is 5.88 Å². The standard InChI is InChI=1S/C22H27NO7S/c24-8-9-30-22(29)19-7-5-14(31-19)2-1-3-15-16(18(26)12-17(15)25)6-4-13-10-20(27)23-21(28)11-13/h5,7,10-11,15-17,24-25H,1-4,6,8-9,12H2,(H2,23,27,28)/t15?,16-,17?/m1/s1. The third kappa shape index (κ3) is 6.25. The van der Waals surface area contributed by atoms with Crippen molar-refractivity contribution in [2.45, 2.75) is 44.6 Å². The highest BCUT2D eigenvalue weighted by Gasteiger charge is 2.40. The van der Waals surface area contributed by atoms with E-state index in [4.69, 9.17) is 9.84 Å². The SMILES string of the molecule is O=C(OCCO)c1ccc(CCCC2C(O)CC(=O)[C@@H]2CCc2cc(O)[nH]c(=O)c2)s1. The second kappa shape index (κ2) is 10.7. The molecule has 1 aliphatic carbocycles. The summed E-state index contributed by atoms with van der Waals surface area (Å²) in [6.45, 7) is -0.243. The van der Waals surface area contributed by atoms with E-state index >= 15 is 0 Å². The minimum atomic E-state index is -0.669. The maximum Gasteiger partial charge on any atom is 0.348 e. The molecule has 0 bridgehead atoms. The highest BCUT2D eigenvalue weighted by molar-refractivity contribution is 7.13. The summed E-state index contributed by atoms with van der Waals surface area (Å²) in [6.07, 6.45) is 2.64. The Labute approximate surface area is 183 Å². The lowest BCUT2D eigenvalue weighted by Crippen LogP contribution is -2.21. The molecule has 168 valence electrons. The highest BCUT2D eigenvalue weighted by atomic mass is 32.1. The molecule has 2 aromatic heterocycles. The summed E-state index contributed by atoms with van der Waals surface area (Å²) in [6, 6.07) is 6.46. The number of pyridine rings is 1. The first-order valence-electron chi connectivity index (χ1n) is 10.4. The molecule has 0 spiro atoms. The van der Waals surface area contributed by atoms with Crippen molar-refractivity contribution < 1.29 is 29.6 Å². The van der Waals surface area contributed by atoms with Crippen LogP contribution in [0.3, 0.4) is 0 Å². The van der Waals surface area contributed by atoms with Crippen molar-refractivity contribution in [2.75, 3.05) is 13.2 Å². The van der Waals surface area contributed by atoms with Crippen molar-refractivity contribution in [3.8, 4) is 5.88 Å². The first-order chi connectivity index (χ1) is 14.9. The molecule has 2 heterocycles. The van der Waals surface area contributed by atoms with Gasteiger partial charge in [-0.1, -0.05) is 0 Å². The number of H-pyrrole nitrogens is 1. The van der Waals surface area contributed by atoms with Gasteiger partial charge in [-0.25, -0.2) is 4.79 Å². The molecule has 2 aromatic rings. The van der Waals surface area contributed by atoms with Crippen molar-refractivity contribution in [3.05, 3.63) is 49.9 Å². The van der Waals surface area contributed by atoms with E-state index in [-0.39, 0.29) is 48.7 Å². The number of aryl methyl sites for hydroxylation is 2. The van der Waals surface area contributed by atoms with Crippen molar-refractivity contribution in [3.63, 3.8) is 0 Å². The minimum Gasteiger partial charge on any atom is -0.495 e. The summed E-state index contributed by atoms with van der Waals surface area (Å²) in [5.41, 5.74) is 0.272. The van der Waals surface area contributed by atoms with Crippen LogP contribution in [0.5, 0.6) is 5.88 Å². The lowest BCUT2D eigenvalue weighted by atomic mass is 9.85. The third-order valence-corrected chi connectivity index (χ3v) is 6.74. The number of carbonyl (C=O) groups is 2. The summed E-state index contributed by atoms with van der Waals surface area (Å²) < 4.78 is 4.91. The number of aliphatic hydroxyl groups excluding tert-OH is 2. The summed E-state index contributed by atoms with van der Waals surface area (Å²) >= 11 is 1.34. The predicted octanol–water partition coefficient (Wildman–Crippen LogP) is 1.81. The fraction of sp³-hybridized carbons (Fsp3) is 0.500. The maximum atomic E-state index is 12.4. The Bertz CT molecular complexity index is 967. The topological polar surface area (TPSA) is 137 Å². The van der Waals surface area contributed by atoms with E-state index in [0.717, 1.165) is 17.7 Å². The van der Waals surface area contributed by atoms with Gasteiger partial charge < -0.3 is 20.1 Å². The molecule has 0 radical (unpaired) electrons. The summed E-state index contributed by atoms with van der Waals surface area (Å²) in [5, 5.41) is 28.6. The largest absolute Gasteiger partial charge is 0.495 e. The Hall–Kier alpha value is -2.49. The second-order valence-electron chi connectivity index (χ2n) is 7.80. The van der Waals surface area contributed by atoms with Gasteiger partial charge in [0.05, 0.1) is 12.7 Å². The zero-order valence-corrected chi connectivity index (χ0v) is 17.9. The Morgan fingerprint density at radius 3 is 2.74 bits per heavy atom. The average molecular weight is 450 g/mol. The van der Waals surface area contributed by atoms with Gasteiger partial charge in [-0.3, -0.25) is 14.6 Å². The Kier molecular flexibility index (Phi) is 8.00. The van der Waals surface area contributed by atoms with Crippen molar-refractivity contribution >= 4 is 23.1 Å². The van der Waals surface area contributed by atoms with E-state index in [1.807, 2.05) is 6.07 Å². The number of aromatic amines is 1. The van der Waals surface area contributed by atoms with Crippen molar-refractivity contribution in [1.82, 2.24) is 4.98 Å². The average Bonchev–Trinajstić information content (AvgIpc) is 3.28. The fourth-order valence-corrected chi connectivity index (χ4v) is 5.12. The van der Waals surface area contributed by atoms with Gasteiger partial charge >= 0.3 is 5.97 Å². The Morgan fingerprint density at radius 1 is 1.19 bits per heavy atom. The Morgan fingerprint density at radius 2 is 2.00 bits per heavy atom. The number of ketones is 1. The molecule has 3 rings (SSSR count). The van der Waals surface area contributed by atoms with Crippen LogP contribution < -0.4 is 5.56 Å². The zero-order chi connectivity index (χ0) is 22.4. The van der Waals surface area contributed by atoms with Gasteiger partial charge in [0, 0.05) is 29.3 Å². The molecule has 2 unspecified atom stereocenters.